The molecule has 1 aromatic carbocycles. The number of halogens is 2. The maximum Gasteiger partial charge on any atom is 0.409 e. The topological polar surface area (TPSA) is 142 Å². The first-order chi connectivity index (χ1) is 23.5. The molecule has 5 rings (SSSR count). The predicted molar refractivity (Wildman–Crippen MR) is 174 cm³/mol. The second kappa shape index (κ2) is 15.8. The smallest absolute Gasteiger partial charge is 0.409 e. The minimum atomic E-state index is -2.78. The number of pyridine rings is 1. The van der Waals surface area contributed by atoms with Crippen LogP contribution in [-0.4, -0.2) is 132 Å². The molecule has 13 nitrogen and oxygen atoms in total. The van der Waals surface area contributed by atoms with Gasteiger partial charge in [0, 0.05) is 70.1 Å². The van der Waals surface area contributed by atoms with Gasteiger partial charge in [0.05, 0.1) is 18.7 Å². The van der Waals surface area contributed by atoms with Crippen LogP contribution in [0.2, 0.25) is 0 Å². The third-order valence-corrected chi connectivity index (χ3v) is 9.19. The van der Waals surface area contributed by atoms with E-state index in [0.717, 1.165) is 18.4 Å². The lowest BCUT2D eigenvalue weighted by molar-refractivity contribution is -0.148. The van der Waals surface area contributed by atoms with Crippen LogP contribution in [0, 0.1) is 6.92 Å². The Morgan fingerprint density at radius 3 is 2.37 bits per heavy atom. The molecule has 3 saturated heterocycles. The number of fused-ring (bicyclic) bond motifs is 1. The fourth-order valence-electron chi connectivity index (χ4n) is 6.24. The summed E-state index contributed by atoms with van der Waals surface area (Å²) in [7, 11) is 0. The number of carbonyl (C=O) groups excluding carboxylic acids is 5. The van der Waals surface area contributed by atoms with Crippen LogP contribution in [0.4, 0.5) is 13.6 Å². The number of alkyl halides is 2. The van der Waals surface area contributed by atoms with Gasteiger partial charge < -0.3 is 34.4 Å². The highest BCUT2D eigenvalue weighted by Gasteiger charge is 2.41. The zero-order chi connectivity index (χ0) is 35.1. The number of ether oxygens (including phenoxy) is 2. The lowest BCUT2D eigenvalue weighted by Gasteiger charge is -2.35. The van der Waals surface area contributed by atoms with Crippen LogP contribution in [-0.2, 0) is 19.1 Å². The summed E-state index contributed by atoms with van der Waals surface area (Å²) < 4.78 is 38.5. The summed E-state index contributed by atoms with van der Waals surface area (Å²) in [5.74, 6) is -4.22. The van der Waals surface area contributed by atoms with Gasteiger partial charge >= 0.3 is 6.09 Å². The van der Waals surface area contributed by atoms with E-state index in [1.807, 2.05) is 19.9 Å². The molecule has 1 unspecified atom stereocenters. The van der Waals surface area contributed by atoms with Crippen LogP contribution in [0.25, 0.3) is 10.9 Å². The van der Waals surface area contributed by atoms with Crippen LogP contribution in [0.15, 0.2) is 24.3 Å². The normalized spacial score (nSPS) is 19.1. The van der Waals surface area contributed by atoms with Gasteiger partial charge in [-0.3, -0.25) is 19.2 Å². The summed E-state index contributed by atoms with van der Waals surface area (Å²) in [6.07, 6.45) is 1.57. The number of aryl methyl sites for hydroxylation is 1. The van der Waals surface area contributed by atoms with Crippen molar-refractivity contribution in [3.05, 3.63) is 35.5 Å². The summed E-state index contributed by atoms with van der Waals surface area (Å²) in [5, 5.41) is 3.19. The first-order valence-corrected chi connectivity index (χ1v) is 16.9. The molecule has 0 aliphatic carbocycles. The zero-order valence-corrected chi connectivity index (χ0v) is 28.1. The monoisotopic (exact) mass is 686 g/mol. The van der Waals surface area contributed by atoms with Gasteiger partial charge in [-0.15, -0.1) is 0 Å². The highest BCUT2D eigenvalue weighted by molar-refractivity contribution is 5.99. The van der Waals surface area contributed by atoms with E-state index in [2.05, 4.69) is 10.3 Å². The number of carbonyl (C=O) groups is 5. The lowest BCUT2D eigenvalue weighted by Crippen LogP contribution is -2.52. The maximum absolute atomic E-state index is 13.6. The largest absolute Gasteiger partial charge is 0.483 e. The van der Waals surface area contributed by atoms with Gasteiger partial charge in [0.15, 0.2) is 6.61 Å². The summed E-state index contributed by atoms with van der Waals surface area (Å²) in [5.41, 5.74) is 1.33. The molecule has 3 aliphatic heterocycles. The zero-order valence-electron chi connectivity index (χ0n) is 28.1. The number of benzene rings is 1. The highest BCUT2D eigenvalue weighted by Crippen LogP contribution is 2.30. The molecule has 2 aromatic rings. The van der Waals surface area contributed by atoms with E-state index < -0.39 is 49.3 Å². The van der Waals surface area contributed by atoms with Gasteiger partial charge in [-0.2, -0.15) is 0 Å². The molecule has 0 saturated carbocycles. The van der Waals surface area contributed by atoms with E-state index >= 15 is 0 Å². The Kier molecular flexibility index (Phi) is 11.5. The number of amides is 5. The predicted octanol–water partition coefficient (Wildman–Crippen LogP) is 2.98. The number of likely N-dealkylation sites (tertiary alicyclic amines) is 2. The first kappa shape index (κ1) is 35.7. The molecule has 3 fully saturated rings. The number of rotatable bonds is 10. The molecule has 49 heavy (non-hydrogen) atoms. The number of nitrogens with zero attached hydrogens (tertiary/aromatic N) is 5. The van der Waals surface area contributed by atoms with E-state index in [1.54, 1.807) is 21.9 Å². The van der Waals surface area contributed by atoms with E-state index in [4.69, 9.17) is 9.47 Å². The average molecular weight is 687 g/mol. The molecule has 0 spiro atoms. The molecule has 266 valence electrons. The highest BCUT2D eigenvalue weighted by atomic mass is 19.3. The summed E-state index contributed by atoms with van der Waals surface area (Å²) in [6.45, 7) is 5.09. The fourth-order valence-corrected chi connectivity index (χ4v) is 6.24. The Labute approximate surface area is 283 Å². The second-order valence-corrected chi connectivity index (χ2v) is 12.8. The van der Waals surface area contributed by atoms with Crippen LogP contribution in [0.5, 0.6) is 5.75 Å². The van der Waals surface area contributed by atoms with Crippen molar-refractivity contribution in [2.45, 2.75) is 64.3 Å². The lowest BCUT2D eigenvalue weighted by atomic mass is 10.1. The molecule has 1 aromatic heterocycles. The van der Waals surface area contributed by atoms with Crippen LogP contribution in [0.1, 0.15) is 61.5 Å². The van der Waals surface area contributed by atoms with Crippen molar-refractivity contribution in [1.82, 2.24) is 29.9 Å². The van der Waals surface area contributed by atoms with E-state index in [0.29, 0.717) is 63.1 Å². The van der Waals surface area contributed by atoms with Gasteiger partial charge in [0.1, 0.15) is 17.5 Å². The van der Waals surface area contributed by atoms with Crippen molar-refractivity contribution in [2.75, 3.05) is 65.6 Å². The molecule has 15 heteroatoms. The number of hydrogen-bond acceptors (Lipinski definition) is 8. The molecule has 3 aliphatic rings. The van der Waals surface area contributed by atoms with Crippen molar-refractivity contribution in [1.29, 1.82) is 0 Å². The SMILES string of the molecule is CCCCOC(=O)N1CCN(C(=O)CNC(=O)c2cc(OCC(=O)N3CCCC3C(=O)N3CCC(F)(F)CC3)c3ccc(C)cc3n2)CC1. The molecule has 1 atom stereocenters. The van der Waals surface area contributed by atoms with E-state index in [1.165, 1.54) is 15.9 Å². The summed E-state index contributed by atoms with van der Waals surface area (Å²) in [6, 6.07) is 6.07. The second-order valence-electron chi connectivity index (χ2n) is 12.8. The van der Waals surface area contributed by atoms with Gasteiger partial charge in [-0.05, 0) is 43.9 Å². The van der Waals surface area contributed by atoms with Crippen molar-refractivity contribution in [2.24, 2.45) is 0 Å². The Bertz CT molecular complexity index is 1550. The van der Waals surface area contributed by atoms with Crippen LogP contribution >= 0.6 is 0 Å². The van der Waals surface area contributed by atoms with Crippen LogP contribution < -0.4 is 10.1 Å². The molecule has 5 amide bonds. The number of unbranched alkanes of at least 4 members (excludes halogenated alkanes) is 1. The molecule has 0 radical (unpaired) electrons. The standard InChI is InChI=1S/C34H44F2N6O7/c1-3-4-18-48-33(47)41-16-14-39(15-17-41)29(43)21-37-31(45)26-20-28(24-8-7-23(2)19-25(24)38-26)49-22-30(44)42-11-5-6-27(42)32(46)40-12-9-34(35,36)10-13-40/h7-8,19-20,27H,3-6,9-18,21-22H2,1-2H3,(H,37,45). The van der Waals surface area contributed by atoms with Crippen molar-refractivity contribution in [3.63, 3.8) is 0 Å². The average Bonchev–Trinajstić information content (AvgIpc) is 3.59. The maximum atomic E-state index is 13.6. The fraction of sp³-hybridized carbons (Fsp3) is 0.588. The van der Waals surface area contributed by atoms with Crippen molar-refractivity contribution < 1.29 is 42.2 Å². The molecule has 0 bridgehead atoms. The van der Waals surface area contributed by atoms with E-state index in [9.17, 15) is 32.8 Å². The van der Waals surface area contributed by atoms with Crippen molar-refractivity contribution in [3.8, 4) is 5.75 Å². The summed E-state index contributed by atoms with van der Waals surface area (Å²) in [4.78, 5) is 75.2. The van der Waals surface area contributed by atoms with Gasteiger partial charge in [-0.1, -0.05) is 19.4 Å². The van der Waals surface area contributed by atoms with Gasteiger partial charge in [0.25, 0.3) is 17.7 Å². The number of nitrogens with one attached hydrogen (secondary N) is 1. The Balaban J connectivity index is 1.18. The van der Waals surface area contributed by atoms with Gasteiger partial charge in [-0.25, -0.2) is 18.6 Å². The Morgan fingerprint density at radius 1 is 0.939 bits per heavy atom. The molecule has 1 N–H and O–H groups in total. The molecular formula is C34H44F2N6O7. The number of hydrogen-bond donors (Lipinski definition) is 1. The quantitative estimate of drug-likeness (QED) is 0.376. The summed E-state index contributed by atoms with van der Waals surface area (Å²) >= 11 is 0. The Hall–Kier alpha value is -4.56. The van der Waals surface area contributed by atoms with Gasteiger partial charge in [0.2, 0.25) is 11.8 Å². The first-order valence-electron chi connectivity index (χ1n) is 16.9. The molecular weight excluding hydrogens is 642 g/mol. The molecule has 4 heterocycles. The third kappa shape index (κ3) is 8.92. The number of piperazine rings is 1. The Morgan fingerprint density at radius 2 is 1.65 bits per heavy atom. The third-order valence-electron chi connectivity index (χ3n) is 9.19. The van der Waals surface area contributed by atoms with Crippen molar-refractivity contribution >= 4 is 40.6 Å². The van der Waals surface area contributed by atoms with Crippen LogP contribution in [0.3, 0.4) is 0 Å². The van der Waals surface area contributed by atoms with E-state index in [-0.39, 0.29) is 42.9 Å². The minimum absolute atomic E-state index is 0.0101. The number of aromatic nitrogens is 1. The minimum Gasteiger partial charge on any atom is -0.483 e. The number of piperidine rings is 1.